The van der Waals surface area contributed by atoms with Crippen molar-refractivity contribution >= 4 is 34.2 Å². The highest BCUT2D eigenvalue weighted by Crippen LogP contribution is 2.30. The van der Waals surface area contributed by atoms with Gasteiger partial charge in [-0.3, -0.25) is 5.32 Å². The van der Waals surface area contributed by atoms with Crippen molar-refractivity contribution in [3.8, 4) is 11.9 Å². The van der Waals surface area contributed by atoms with Gasteiger partial charge in [0, 0.05) is 0 Å². The first-order chi connectivity index (χ1) is 8.56. The Hall–Kier alpha value is -1.52. The molecule has 0 bridgehead atoms. The Kier molecular flexibility index (Phi) is 5.68. The molecule has 1 aromatic carbocycles. The van der Waals surface area contributed by atoms with Crippen LogP contribution in [0.5, 0.6) is 5.75 Å². The van der Waals surface area contributed by atoms with Gasteiger partial charge in [0.1, 0.15) is 5.75 Å². The van der Waals surface area contributed by atoms with Gasteiger partial charge >= 0.3 is 6.61 Å². The largest absolute Gasteiger partial charge is 0.433 e. The number of alkyl halides is 2. The van der Waals surface area contributed by atoms with Crippen molar-refractivity contribution in [2.45, 2.75) is 6.61 Å². The van der Waals surface area contributed by atoms with Crippen LogP contribution in [0.3, 0.4) is 0 Å². The monoisotopic (exact) mass is 291 g/mol. The lowest BCUT2D eigenvalue weighted by atomic mass is 10.3. The standard InChI is InChI=1S/C10H8ClF2N3OS/c1-18-10(15-5-14)16-6-2-3-8(7(11)4-6)17-9(12)13/h2-4,9H,1H3,(H,15,16). The van der Waals surface area contributed by atoms with Crippen molar-refractivity contribution in [2.75, 3.05) is 6.26 Å². The molecule has 0 spiro atoms. The highest BCUT2D eigenvalue weighted by molar-refractivity contribution is 8.13. The molecule has 0 radical (unpaired) electrons. The number of thioether (sulfide) groups is 1. The lowest BCUT2D eigenvalue weighted by Gasteiger charge is -2.07. The van der Waals surface area contributed by atoms with Crippen LogP contribution < -0.4 is 10.1 Å². The maximum absolute atomic E-state index is 12.0. The molecule has 0 aliphatic rings. The Labute approximate surface area is 112 Å². The number of hydrogen-bond donors (Lipinski definition) is 1. The van der Waals surface area contributed by atoms with Crippen LogP contribution in [0.1, 0.15) is 0 Å². The van der Waals surface area contributed by atoms with Crippen LogP contribution in [0.25, 0.3) is 0 Å². The molecule has 0 aromatic heterocycles. The third-order valence-corrected chi connectivity index (χ3v) is 2.59. The molecule has 0 aliphatic heterocycles. The van der Waals surface area contributed by atoms with E-state index in [-0.39, 0.29) is 10.8 Å². The second kappa shape index (κ2) is 7.03. The maximum Gasteiger partial charge on any atom is 0.387 e. The fraction of sp³-hybridized carbons (Fsp3) is 0.200. The smallest absolute Gasteiger partial charge is 0.387 e. The quantitative estimate of drug-likeness (QED) is 0.401. The predicted octanol–water partition coefficient (Wildman–Crippen LogP) is 3.36. The summed E-state index contributed by atoms with van der Waals surface area (Å²) in [5.74, 6) is -0.121. The lowest BCUT2D eigenvalue weighted by Crippen LogP contribution is -2.12. The zero-order valence-corrected chi connectivity index (χ0v) is 10.7. The summed E-state index contributed by atoms with van der Waals surface area (Å²) in [7, 11) is 0. The Balaban J connectivity index is 2.94. The fourth-order valence-corrected chi connectivity index (χ4v) is 1.60. The second-order valence-corrected chi connectivity index (χ2v) is 4.05. The minimum absolute atomic E-state index is 0.0222. The van der Waals surface area contributed by atoms with Crippen LogP contribution in [0.2, 0.25) is 5.02 Å². The molecule has 4 nitrogen and oxygen atoms in total. The van der Waals surface area contributed by atoms with E-state index in [4.69, 9.17) is 16.9 Å². The van der Waals surface area contributed by atoms with E-state index in [9.17, 15) is 8.78 Å². The van der Waals surface area contributed by atoms with E-state index < -0.39 is 6.61 Å². The van der Waals surface area contributed by atoms with Crippen molar-refractivity contribution in [1.29, 1.82) is 5.26 Å². The first kappa shape index (κ1) is 14.5. The summed E-state index contributed by atoms with van der Waals surface area (Å²) in [6.45, 7) is -2.93. The summed E-state index contributed by atoms with van der Waals surface area (Å²) in [5.41, 5.74) is 0.425. The predicted molar refractivity (Wildman–Crippen MR) is 67.4 cm³/mol. The lowest BCUT2D eigenvalue weighted by molar-refractivity contribution is -0.0497. The zero-order valence-electron chi connectivity index (χ0n) is 9.15. The highest BCUT2D eigenvalue weighted by atomic mass is 35.5. The number of nitrogens with zero attached hydrogens (tertiary/aromatic N) is 2. The number of aliphatic imine (C=N–C) groups is 1. The summed E-state index contributed by atoms with van der Waals surface area (Å²) in [6, 6.07) is 4.12. The van der Waals surface area contributed by atoms with Gasteiger partial charge in [0.05, 0.1) is 10.7 Å². The number of nitriles is 1. The highest BCUT2D eigenvalue weighted by Gasteiger charge is 2.09. The van der Waals surface area contributed by atoms with Crippen molar-refractivity contribution in [1.82, 2.24) is 5.32 Å². The number of rotatable bonds is 3. The second-order valence-electron chi connectivity index (χ2n) is 2.85. The third kappa shape index (κ3) is 4.39. The number of hydrogen-bond acceptors (Lipinski definition) is 4. The Morgan fingerprint density at radius 2 is 2.33 bits per heavy atom. The Morgan fingerprint density at radius 3 is 2.83 bits per heavy atom. The number of halogens is 3. The molecular weight excluding hydrogens is 284 g/mol. The molecule has 8 heteroatoms. The number of benzene rings is 1. The number of amidine groups is 1. The average Bonchev–Trinajstić information content (AvgIpc) is 2.31. The van der Waals surface area contributed by atoms with Gasteiger partial charge in [-0.2, -0.15) is 14.0 Å². The molecule has 0 saturated carbocycles. The summed E-state index contributed by atoms with van der Waals surface area (Å²) in [5, 5.41) is 11.2. The van der Waals surface area contributed by atoms with Crippen LogP contribution >= 0.6 is 23.4 Å². The molecule has 18 heavy (non-hydrogen) atoms. The average molecular weight is 292 g/mol. The Morgan fingerprint density at radius 1 is 1.61 bits per heavy atom. The van der Waals surface area contributed by atoms with Gasteiger partial charge in [-0.15, -0.1) is 0 Å². The molecule has 0 aliphatic carbocycles. The van der Waals surface area contributed by atoms with Crippen LogP contribution in [-0.2, 0) is 0 Å². The van der Waals surface area contributed by atoms with E-state index in [0.717, 1.165) is 0 Å². The maximum atomic E-state index is 12.0. The summed E-state index contributed by atoms with van der Waals surface area (Å²) in [6.07, 6.45) is 3.47. The van der Waals surface area contributed by atoms with Gasteiger partial charge in [0.2, 0.25) is 0 Å². The molecule has 0 amide bonds. The minimum atomic E-state index is -2.93. The van der Waals surface area contributed by atoms with E-state index >= 15 is 0 Å². The van der Waals surface area contributed by atoms with Crippen LogP contribution in [-0.4, -0.2) is 18.0 Å². The van der Waals surface area contributed by atoms with Crippen LogP contribution in [0.4, 0.5) is 14.5 Å². The van der Waals surface area contributed by atoms with E-state index in [2.05, 4.69) is 15.0 Å². The topological polar surface area (TPSA) is 57.4 Å². The molecule has 0 atom stereocenters. The SMILES string of the molecule is CSC(=Nc1ccc(OC(F)F)c(Cl)c1)NC#N. The molecule has 1 N–H and O–H groups in total. The molecule has 1 aromatic rings. The third-order valence-electron chi connectivity index (χ3n) is 1.72. The molecule has 0 unspecified atom stereocenters. The first-order valence-electron chi connectivity index (χ1n) is 4.59. The molecule has 0 fully saturated rings. The summed E-state index contributed by atoms with van der Waals surface area (Å²) in [4.78, 5) is 4.07. The summed E-state index contributed by atoms with van der Waals surface area (Å²) >= 11 is 6.99. The van der Waals surface area contributed by atoms with Gasteiger partial charge < -0.3 is 4.74 Å². The zero-order chi connectivity index (χ0) is 13.5. The van der Waals surface area contributed by atoms with Crippen LogP contribution in [0, 0.1) is 11.5 Å². The molecule has 96 valence electrons. The van der Waals surface area contributed by atoms with Crippen molar-refractivity contribution in [3.63, 3.8) is 0 Å². The number of nitrogens with one attached hydrogen (secondary N) is 1. The van der Waals surface area contributed by atoms with Gasteiger partial charge in [-0.25, -0.2) is 4.99 Å². The van der Waals surface area contributed by atoms with Gasteiger partial charge in [-0.1, -0.05) is 23.4 Å². The molecule has 0 heterocycles. The Bertz CT molecular complexity index is 491. The molecule has 1 rings (SSSR count). The summed E-state index contributed by atoms with van der Waals surface area (Å²) < 4.78 is 28.2. The van der Waals surface area contributed by atoms with Crippen molar-refractivity contribution in [2.24, 2.45) is 4.99 Å². The normalized spacial score (nSPS) is 11.2. The van der Waals surface area contributed by atoms with Gasteiger partial charge in [0.15, 0.2) is 11.4 Å². The minimum Gasteiger partial charge on any atom is -0.433 e. The van der Waals surface area contributed by atoms with E-state index in [1.165, 1.54) is 30.0 Å². The molecule has 0 saturated heterocycles. The van der Waals surface area contributed by atoms with Crippen LogP contribution in [0.15, 0.2) is 23.2 Å². The van der Waals surface area contributed by atoms with E-state index in [0.29, 0.717) is 10.9 Å². The van der Waals surface area contributed by atoms with E-state index in [1.807, 2.05) is 0 Å². The fourth-order valence-electron chi connectivity index (χ4n) is 1.04. The van der Waals surface area contributed by atoms with Crippen molar-refractivity contribution in [3.05, 3.63) is 23.2 Å². The number of ether oxygens (including phenoxy) is 1. The van der Waals surface area contributed by atoms with Gasteiger partial charge in [-0.05, 0) is 24.5 Å². The van der Waals surface area contributed by atoms with Crippen molar-refractivity contribution < 1.29 is 13.5 Å². The van der Waals surface area contributed by atoms with Gasteiger partial charge in [0.25, 0.3) is 0 Å². The first-order valence-corrected chi connectivity index (χ1v) is 6.19. The van der Waals surface area contributed by atoms with E-state index in [1.54, 1.807) is 12.4 Å². The molecular formula is C10H8ClF2N3OS.